The maximum atomic E-state index is 14.1. The number of hydrogen-bond acceptors (Lipinski definition) is 5. The molecular weight excluding hydrogens is 541 g/mol. The van der Waals surface area contributed by atoms with Gasteiger partial charge in [-0.25, -0.2) is 8.78 Å². The highest BCUT2D eigenvalue weighted by Gasteiger charge is 2.80. The van der Waals surface area contributed by atoms with Gasteiger partial charge in [0, 0.05) is 19.1 Å². The van der Waals surface area contributed by atoms with Crippen LogP contribution in [0.2, 0.25) is 0 Å². The second-order valence-electron chi connectivity index (χ2n) is 6.23. The van der Waals surface area contributed by atoms with E-state index < -0.39 is 67.9 Å². The molecule has 0 amide bonds. The smallest absolute Gasteiger partial charge is 0.380 e. The average Bonchev–Trinajstić information content (AvgIpc) is 2.58. The first-order valence-electron chi connectivity index (χ1n) is 8.04. The van der Waals surface area contributed by atoms with Gasteiger partial charge in [0.15, 0.2) is 0 Å². The third-order valence-electron chi connectivity index (χ3n) is 3.15. The fourth-order valence-electron chi connectivity index (χ4n) is 1.73. The molecule has 36 heavy (non-hydrogen) atoms. The Morgan fingerprint density at radius 3 is 1.47 bits per heavy atom. The van der Waals surface area contributed by atoms with Crippen LogP contribution in [0.1, 0.15) is 50.0 Å². The van der Waals surface area contributed by atoms with Gasteiger partial charge in [0.25, 0.3) is 0 Å². The summed E-state index contributed by atoms with van der Waals surface area (Å²) in [5, 5.41) is 0. The van der Waals surface area contributed by atoms with Crippen LogP contribution in [-0.4, -0.2) is 62.1 Å². The summed E-state index contributed by atoms with van der Waals surface area (Å²) in [4.78, 5) is 13.0. The summed E-state index contributed by atoms with van der Waals surface area (Å²) in [6.45, 7) is 0.0182. The minimum atomic E-state index is -7.01. The van der Waals surface area contributed by atoms with Gasteiger partial charge >= 0.3 is 30.2 Å². The number of halogens is 13. The minimum Gasteiger partial charge on any atom is -0.380 e. The van der Waals surface area contributed by atoms with Crippen LogP contribution in [0.4, 0.5) is 57.2 Å². The Kier molecular flexibility index (Phi) is 23.8. The maximum Gasteiger partial charge on any atom is 0.461 e. The molecule has 4 atom stereocenters. The van der Waals surface area contributed by atoms with E-state index in [9.17, 15) is 62.0 Å². The Morgan fingerprint density at radius 1 is 0.806 bits per heavy atom. The Morgan fingerprint density at radius 2 is 1.19 bits per heavy atom. The van der Waals surface area contributed by atoms with E-state index in [4.69, 9.17) is 10.5 Å². The zero-order valence-electron chi connectivity index (χ0n) is 16.1. The topological polar surface area (TPSA) is 70.8 Å². The Balaban J connectivity index is -0.000000305. The van der Waals surface area contributed by atoms with Gasteiger partial charge in [-0.15, -0.1) is 4.94 Å². The molecule has 0 spiro atoms. The number of carbonyl (C=O) groups is 1. The molecule has 226 valence electrons. The van der Waals surface area contributed by atoms with E-state index in [0.717, 1.165) is 6.92 Å². The number of alkyl halides is 12. The summed E-state index contributed by atoms with van der Waals surface area (Å²) in [5.74, 6) is -17.1. The predicted octanol–water partition coefficient (Wildman–Crippen LogP) is 7.34. The SMILES string of the molecule is C.C.C.C.CC(N)COCC(C)CC(=O)C(F)(OC(F)(F)C(F)(OF)C(F)(F)F)C(F)(F)F.FCF. The first-order valence-corrected chi connectivity index (χ1v) is 8.04. The third kappa shape index (κ3) is 12.7. The number of Topliss-reactive ketones (excluding diaryl/α,β-unsaturated/α-hetero) is 1. The van der Waals surface area contributed by atoms with Crippen molar-refractivity contribution in [2.45, 2.75) is 86.2 Å². The zero-order chi connectivity index (χ0) is 26.2. The van der Waals surface area contributed by atoms with Crippen LogP contribution in [0, 0.1) is 5.92 Å². The molecule has 18 heteroatoms. The lowest BCUT2D eigenvalue weighted by molar-refractivity contribution is -0.525. The standard InChI is InChI=1S/C13H16F11NO4.CH2F2.4CH4/c1-6(4-27-5-7(2)25)3-8(26)9(14,11(16,17)18)28-13(22,23)10(15,29-24)12(19,20)21;2-1-3;;;;/h6-7H,3-5,25H2,1-2H3;1H2;4*1H4. The maximum absolute atomic E-state index is 14.1. The molecule has 0 aromatic carbocycles. The quantitative estimate of drug-likeness (QED) is 0.261. The summed E-state index contributed by atoms with van der Waals surface area (Å²) in [7, 11) is 0. The highest BCUT2D eigenvalue weighted by molar-refractivity contribution is 5.86. The van der Waals surface area contributed by atoms with E-state index in [-0.39, 0.29) is 36.3 Å². The minimum absolute atomic E-state index is 0. The highest BCUT2D eigenvalue weighted by Crippen LogP contribution is 2.51. The van der Waals surface area contributed by atoms with Gasteiger partial charge < -0.3 is 10.5 Å². The van der Waals surface area contributed by atoms with Crippen molar-refractivity contribution in [3.63, 3.8) is 0 Å². The third-order valence-corrected chi connectivity index (χ3v) is 3.15. The van der Waals surface area contributed by atoms with Crippen LogP contribution in [0.15, 0.2) is 0 Å². The molecule has 4 unspecified atom stereocenters. The fraction of sp³-hybridized carbons (Fsp3) is 0.944. The van der Waals surface area contributed by atoms with E-state index in [0.29, 0.717) is 0 Å². The second kappa shape index (κ2) is 18.0. The number of carbonyl (C=O) groups excluding carboxylic acids is 1. The van der Waals surface area contributed by atoms with E-state index in [1.165, 1.54) is 11.9 Å². The van der Waals surface area contributed by atoms with E-state index >= 15 is 0 Å². The van der Waals surface area contributed by atoms with Crippen LogP contribution in [-0.2, 0) is 19.2 Å². The summed E-state index contributed by atoms with van der Waals surface area (Å²) >= 11 is 0. The number of ketones is 1. The summed E-state index contributed by atoms with van der Waals surface area (Å²) in [5.41, 5.74) is 5.29. The molecule has 2 N–H and O–H groups in total. The average molecular weight is 575 g/mol. The van der Waals surface area contributed by atoms with Gasteiger partial charge in [-0.1, -0.05) is 36.6 Å². The molecule has 0 aliphatic heterocycles. The number of ether oxygens (including phenoxy) is 2. The van der Waals surface area contributed by atoms with E-state index in [2.05, 4.69) is 4.74 Å². The fourth-order valence-corrected chi connectivity index (χ4v) is 1.73. The second-order valence-corrected chi connectivity index (χ2v) is 6.23. The molecule has 5 nitrogen and oxygen atoms in total. The lowest BCUT2D eigenvalue weighted by atomic mass is 10.00. The van der Waals surface area contributed by atoms with E-state index in [1.54, 1.807) is 0 Å². The van der Waals surface area contributed by atoms with Crippen molar-refractivity contribution in [2.75, 3.05) is 20.1 Å². The van der Waals surface area contributed by atoms with Crippen molar-refractivity contribution in [1.82, 2.24) is 0 Å². The van der Waals surface area contributed by atoms with Crippen LogP contribution in [0.3, 0.4) is 0 Å². The van der Waals surface area contributed by atoms with Crippen molar-refractivity contribution in [3.05, 3.63) is 0 Å². The Hall–Kier alpha value is -1.40. The summed E-state index contributed by atoms with van der Waals surface area (Å²) < 4.78 is 168. The van der Waals surface area contributed by atoms with Crippen LogP contribution in [0.5, 0.6) is 0 Å². The summed E-state index contributed by atoms with van der Waals surface area (Å²) in [6, 6.07) is -0.545. The van der Waals surface area contributed by atoms with Gasteiger partial charge in [-0.3, -0.25) is 9.53 Å². The lowest BCUT2D eigenvalue weighted by Crippen LogP contribution is -2.63. The van der Waals surface area contributed by atoms with Gasteiger partial charge in [-0.05, 0) is 17.4 Å². The molecule has 0 aliphatic carbocycles. The van der Waals surface area contributed by atoms with Crippen molar-refractivity contribution >= 4 is 5.78 Å². The monoisotopic (exact) mass is 575 g/mol. The van der Waals surface area contributed by atoms with Crippen molar-refractivity contribution in [3.8, 4) is 0 Å². The van der Waals surface area contributed by atoms with Crippen LogP contribution >= 0.6 is 0 Å². The highest BCUT2D eigenvalue weighted by atomic mass is 19.4. The van der Waals surface area contributed by atoms with E-state index in [1.807, 2.05) is 0 Å². The van der Waals surface area contributed by atoms with Gasteiger partial charge in [-0.2, -0.15) is 43.9 Å². The van der Waals surface area contributed by atoms with Gasteiger partial charge in [0.05, 0.1) is 6.61 Å². The first-order chi connectivity index (χ1) is 14.2. The molecule has 0 aromatic heterocycles. The molecule has 0 heterocycles. The van der Waals surface area contributed by atoms with Gasteiger partial charge in [0.2, 0.25) is 12.7 Å². The first kappa shape index (κ1) is 47.8. The predicted molar refractivity (Wildman–Crippen MR) is 105 cm³/mol. The molecule has 0 radical (unpaired) electrons. The molecular formula is C18H34F13NO4. The lowest BCUT2D eigenvalue weighted by Gasteiger charge is -2.35. The Bertz CT molecular complexity index is 576. The molecule has 0 saturated heterocycles. The number of nitrogens with two attached hydrogens (primary N) is 1. The van der Waals surface area contributed by atoms with Crippen LogP contribution in [0.25, 0.3) is 0 Å². The zero-order valence-corrected chi connectivity index (χ0v) is 16.1. The summed E-state index contributed by atoms with van der Waals surface area (Å²) in [6.07, 6.45) is -22.2. The molecule has 0 fully saturated rings. The molecule has 0 aliphatic rings. The number of hydrogen-bond donors (Lipinski definition) is 1. The molecule has 0 rings (SSSR count). The molecule has 0 bridgehead atoms. The molecule has 0 saturated carbocycles. The van der Waals surface area contributed by atoms with Gasteiger partial charge in [0.1, 0.15) is 0 Å². The van der Waals surface area contributed by atoms with Crippen LogP contribution < -0.4 is 5.73 Å². The van der Waals surface area contributed by atoms with Crippen molar-refractivity contribution < 1.29 is 76.4 Å². The normalized spacial score (nSPS) is 16.6. The Labute approximate surface area is 201 Å². The van der Waals surface area contributed by atoms with Crippen molar-refractivity contribution in [2.24, 2.45) is 11.7 Å². The number of rotatable bonds is 11. The molecule has 0 aromatic rings. The largest absolute Gasteiger partial charge is 0.461 e. The van der Waals surface area contributed by atoms with Crippen molar-refractivity contribution in [1.29, 1.82) is 0 Å².